The fourth-order valence-corrected chi connectivity index (χ4v) is 3.75. The van der Waals surface area contributed by atoms with Crippen LogP contribution in [0.2, 0.25) is 5.15 Å². The van der Waals surface area contributed by atoms with Gasteiger partial charge in [0.25, 0.3) is 0 Å². The van der Waals surface area contributed by atoms with E-state index in [1.54, 1.807) is 0 Å². The molecule has 140 valence electrons. The first-order chi connectivity index (χ1) is 12.6. The molecular weight excluding hydrogens is 356 g/mol. The molecule has 2 heterocycles. The minimum atomic E-state index is -0.866. The van der Waals surface area contributed by atoms with Gasteiger partial charge in [0.1, 0.15) is 10.8 Å². The fourth-order valence-electron chi connectivity index (χ4n) is 3.61. The maximum atomic E-state index is 11.2. The van der Waals surface area contributed by atoms with E-state index in [9.17, 15) is 9.90 Å². The second-order valence-corrected chi connectivity index (χ2v) is 7.30. The Morgan fingerprint density at radius 1 is 1.27 bits per heavy atom. The third-order valence-electron chi connectivity index (χ3n) is 4.94. The first kappa shape index (κ1) is 18.8. The second kappa shape index (κ2) is 9.07. The first-order valence-electron chi connectivity index (χ1n) is 9.15. The summed E-state index contributed by atoms with van der Waals surface area (Å²) in [5.74, 6) is 0.235. The molecule has 2 aromatic heterocycles. The highest BCUT2D eigenvalue weighted by Crippen LogP contribution is 2.31. The first-order valence-corrected chi connectivity index (χ1v) is 9.53. The smallest absolute Gasteiger partial charge is 0.304 e. The van der Waals surface area contributed by atoms with Crippen molar-refractivity contribution < 1.29 is 14.4 Å². The van der Waals surface area contributed by atoms with Gasteiger partial charge in [-0.1, -0.05) is 61.7 Å². The number of rotatable bonds is 8. The molecule has 1 atom stereocenters. The monoisotopic (exact) mass is 378 g/mol. The quantitative estimate of drug-likeness (QED) is 0.721. The molecular formula is C18H23ClN4O3. The van der Waals surface area contributed by atoms with Gasteiger partial charge in [-0.15, -0.1) is 0 Å². The molecule has 7 nitrogen and oxygen atoms in total. The molecule has 0 radical (unpaired) electrons. The molecule has 1 aliphatic carbocycles. The zero-order valence-corrected chi connectivity index (χ0v) is 15.4. The van der Waals surface area contributed by atoms with Gasteiger partial charge in [-0.2, -0.15) is 4.98 Å². The van der Waals surface area contributed by atoms with Gasteiger partial charge in [-0.3, -0.25) is 9.78 Å². The van der Waals surface area contributed by atoms with Gasteiger partial charge in [0.2, 0.25) is 11.7 Å². The van der Waals surface area contributed by atoms with Crippen LogP contribution in [0.25, 0.3) is 11.5 Å². The van der Waals surface area contributed by atoms with Crippen molar-refractivity contribution in [3.8, 4) is 11.5 Å². The van der Waals surface area contributed by atoms with Crippen LogP contribution in [0.5, 0.6) is 0 Å². The van der Waals surface area contributed by atoms with Crippen LogP contribution < -0.4 is 0 Å². The lowest BCUT2D eigenvalue weighted by Gasteiger charge is -2.21. The van der Waals surface area contributed by atoms with Gasteiger partial charge >= 0.3 is 5.97 Å². The largest absolute Gasteiger partial charge is 0.481 e. The SMILES string of the molecule is O=C(O)C[C@@H](CCCC1CCCCC1)c1nc(-c2cncc(Cl)n2)no1. The van der Waals surface area contributed by atoms with E-state index in [0.717, 1.165) is 25.2 Å². The molecule has 0 aromatic carbocycles. The number of carboxylic acid groups (broad SMARTS) is 1. The van der Waals surface area contributed by atoms with E-state index >= 15 is 0 Å². The van der Waals surface area contributed by atoms with E-state index < -0.39 is 5.97 Å². The average Bonchev–Trinajstić information content (AvgIpc) is 3.11. The molecule has 26 heavy (non-hydrogen) atoms. The van der Waals surface area contributed by atoms with Crippen LogP contribution in [0.1, 0.15) is 69.6 Å². The number of hydrogen-bond donors (Lipinski definition) is 1. The maximum Gasteiger partial charge on any atom is 0.304 e. The lowest BCUT2D eigenvalue weighted by molar-refractivity contribution is -0.137. The van der Waals surface area contributed by atoms with Gasteiger partial charge in [0.05, 0.1) is 18.8 Å². The molecule has 1 saturated carbocycles. The summed E-state index contributed by atoms with van der Waals surface area (Å²) in [5.41, 5.74) is 0.406. The van der Waals surface area contributed by atoms with E-state index in [1.807, 2.05) is 0 Å². The van der Waals surface area contributed by atoms with Crippen molar-refractivity contribution in [2.75, 3.05) is 0 Å². The van der Waals surface area contributed by atoms with Gasteiger partial charge < -0.3 is 9.63 Å². The van der Waals surface area contributed by atoms with Gasteiger partial charge in [-0.25, -0.2) is 4.98 Å². The molecule has 2 aromatic rings. The molecule has 8 heteroatoms. The number of halogens is 1. The third-order valence-corrected chi connectivity index (χ3v) is 5.12. The second-order valence-electron chi connectivity index (χ2n) is 6.91. The zero-order chi connectivity index (χ0) is 18.4. The Kier molecular flexibility index (Phi) is 6.55. The van der Waals surface area contributed by atoms with Crippen LogP contribution in [-0.4, -0.2) is 31.2 Å². The van der Waals surface area contributed by atoms with Crippen molar-refractivity contribution >= 4 is 17.6 Å². The van der Waals surface area contributed by atoms with E-state index in [2.05, 4.69) is 20.1 Å². The number of carboxylic acids is 1. The molecule has 0 saturated heterocycles. The highest BCUT2D eigenvalue weighted by molar-refractivity contribution is 6.29. The van der Waals surface area contributed by atoms with E-state index in [0.29, 0.717) is 11.6 Å². The molecule has 0 spiro atoms. The predicted octanol–water partition coefficient (Wildman–Crippen LogP) is 4.49. The zero-order valence-electron chi connectivity index (χ0n) is 14.6. The van der Waals surface area contributed by atoms with Crippen molar-refractivity contribution in [3.63, 3.8) is 0 Å². The molecule has 0 unspecified atom stereocenters. The lowest BCUT2D eigenvalue weighted by atomic mass is 9.84. The topological polar surface area (TPSA) is 102 Å². The average molecular weight is 379 g/mol. The van der Waals surface area contributed by atoms with Gasteiger partial charge in [-0.05, 0) is 12.3 Å². The van der Waals surface area contributed by atoms with E-state index in [4.69, 9.17) is 16.1 Å². The summed E-state index contributed by atoms with van der Waals surface area (Å²) in [5, 5.41) is 13.4. The minimum absolute atomic E-state index is 0.0203. The number of nitrogens with zero attached hydrogens (tertiary/aromatic N) is 4. The summed E-state index contributed by atoms with van der Waals surface area (Å²) >= 11 is 5.84. The van der Waals surface area contributed by atoms with Crippen LogP contribution >= 0.6 is 11.6 Å². The number of hydrogen-bond acceptors (Lipinski definition) is 6. The van der Waals surface area contributed by atoms with Crippen molar-refractivity contribution in [2.45, 2.75) is 63.7 Å². The molecule has 3 rings (SSSR count). The number of aromatic nitrogens is 4. The molecule has 0 bridgehead atoms. The summed E-state index contributed by atoms with van der Waals surface area (Å²) in [7, 11) is 0. The van der Waals surface area contributed by atoms with Crippen LogP contribution in [-0.2, 0) is 4.79 Å². The fraction of sp³-hybridized carbons (Fsp3) is 0.611. The summed E-state index contributed by atoms with van der Waals surface area (Å²) in [4.78, 5) is 23.6. The van der Waals surface area contributed by atoms with Crippen LogP contribution in [0, 0.1) is 5.92 Å². The summed E-state index contributed by atoms with van der Waals surface area (Å²) in [6.45, 7) is 0. The molecule has 1 fully saturated rings. The highest BCUT2D eigenvalue weighted by atomic mass is 35.5. The predicted molar refractivity (Wildman–Crippen MR) is 95.8 cm³/mol. The standard InChI is InChI=1S/C18H23ClN4O3/c19-15-11-20-10-14(21-15)17-22-18(26-23-17)13(9-16(24)25)8-4-7-12-5-2-1-3-6-12/h10-13H,1-9H2,(H,24,25)/t13-/m1/s1. The Balaban J connectivity index is 1.64. The van der Waals surface area contributed by atoms with E-state index in [-0.39, 0.29) is 23.3 Å². The molecule has 0 amide bonds. The summed E-state index contributed by atoms with van der Waals surface area (Å²) in [6.07, 6.45) is 12.3. The van der Waals surface area contributed by atoms with Crippen molar-refractivity contribution in [2.24, 2.45) is 5.92 Å². The van der Waals surface area contributed by atoms with Gasteiger partial charge in [0.15, 0.2) is 0 Å². The van der Waals surface area contributed by atoms with Gasteiger partial charge in [0, 0.05) is 5.92 Å². The minimum Gasteiger partial charge on any atom is -0.481 e. The Morgan fingerprint density at radius 2 is 2.08 bits per heavy atom. The number of carbonyl (C=O) groups is 1. The Hall–Kier alpha value is -2.02. The van der Waals surface area contributed by atoms with Crippen LogP contribution in [0.3, 0.4) is 0 Å². The molecule has 0 aliphatic heterocycles. The van der Waals surface area contributed by atoms with Crippen LogP contribution in [0.15, 0.2) is 16.9 Å². The maximum absolute atomic E-state index is 11.2. The summed E-state index contributed by atoms with van der Waals surface area (Å²) in [6, 6.07) is 0. The molecule has 1 N–H and O–H groups in total. The number of aliphatic carboxylic acids is 1. The molecule has 1 aliphatic rings. The third kappa shape index (κ3) is 5.24. The van der Waals surface area contributed by atoms with Crippen molar-refractivity contribution in [1.29, 1.82) is 0 Å². The van der Waals surface area contributed by atoms with Crippen molar-refractivity contribution in [3.05, 3.63) is 23.4 Å². The Labute approximate surface area is 157 Å². The lowest BCUT2D eigenvalue weighted by Crippen LogP contribution is -2.10. The Morgan fingerprint density at radius 3 is 2.81 bits per heavy atom. The normalized spacial score (nSPS) is 16.5. The Bertz CT molecular complexity index is 731. The van der Waals surface area contributed by atoms with Crippen molar-refractivity contribution in [1.82, 2.24) is 20.1 Å². The summed E-state index contributed by atoms with van der Waals surface area (Å²) < 4.78 is 5.33. The highest BCUT2D eigenvalue weighted by Gasteiger charge is 2.24. The van der Waals surface area contributed by atoms with Crippen LogP contribution in [0.4, 0.5) is 0 Å². The van der Waals surface area contributed by atoms with E-state index in [1.165, 1.54) is 44.5 Å².